The van der Waals surface area contributed by atoms with Gasteiger partial charge in [-0.05, 0) is 58.9 Å². The zero-order chi connectivity index (χ0) is 14.4. The largest absolute Gasteiger partial charge is 0.330 e. The molecule has 0 saturated heterocycles. The minimum Gasteiger partial charge on any atom is -0.330 e. The van der Waals surface area contributed by atoms with Gasteiger partial charge in [0.25, 0.3) is 0 Å². The van der Waals surface area contributed by atoms with Crippen molar-refractivity contribution in [3.05, 3.63) is 27.7 Å². The van der Waals surface area contributed by atoms with Gasteiger partial charge in [-0.15, -0.1) is 0 Å². The van der Waals surface area contributed by atoms with E-state index in [1.807, 2.05) is 0 Å². The van der Waals surface area contributed by atoms with Crippen LogP contribution in [0.1, 0.15) is 26.7 Å². The van der Waals surface area contributed by atoms with Gasteiger partial charge in [-0.2, -0.15) is 0 Å². The molecule has 1 atom stereocenters. The van der Waals surface area contributed by atoms with Gasteiger partial charge in [0.15, 0.2) is 0 Å². The van der Waals surface area contributed by atoms with Gasteiger partial charge in [0.05, 0.1) is 5.69 Å². The topological polar surface area (TPSA) is 55.1 Å². The van der Waals surface area contributed by atoms with Crippen molar-refractivity contribution in [2.75, 3.05) is 11.9 Å². The fraction of sp³-hybridized carbons (Fsp3) is 0.500. The predicted molar refractivity (Wildman–Crippen MR) is 84.4 cm³/mol. The molecule has 0 heterocycles. The lowest BCUT2D eigenvalue weighted by Crippen LogP contribution is -2.23. The first-order chi connectivity index (χ1) is 8.92. The second-order valence-corrected chi connectivity index (χ2v) is 6.40. The monoisotopic (exact) mass is 346 g/mol. The summed E-state index contributed by atoms with van der Waals surface area (Å²) in [5, 5.41) is 3.50. The Labute approximate surface area is 128 Å². The molecule has 0 aliphatic rings. The van der Waals surface area contributed by atoms with Crippen molar-refractivity contribution in [3.8, 4) is 0 Å². The summed E-state index contributed by atoms with van der Waals surface area (Å²) in [5.41, 5.74) is 6.44. The number of hydrogen-bond acceptors (Lipinski definition) is 2. The molecule has 106 valence electrons. The highest BCUT2D eigenvalue weighted by Gasteiger charge is 2.15. The van der Waals surface area contributed by atoms with E-state index in [0.29, 0.717) is 23.9 Å². The highest BCUT2D eigenvalue weighted by atomic mass is 79.9. The van der Waals surface area contributed by atoms with Gasteiger partial charge in [0.2, 0.25) is 5.91 Å². The first-order valence-corrected chi connectivity index (χ1v) is 7.54. The molecule has 0 spiro atoms. The van der Waals surface area contributed by atoms with Crippen LogP contribution >= 0.6 is 27.5 Å². The third-order valence-electron chi connectivity index (χ3n) is 2.82. The van der Waals surface area contributed by atoms with Crippen molar-refractivity contribution < 1.29 is 4.79 Å². The van der Waals surface area contributed by atoms with Crippen molar-refractivity contribution in [2.24, 2.45) is 17.6 Å². The minimum absolute atomic E-state index is 0.0147. The minimum atomic E-state index is -0.0147. The van der Waals surface area contributed by atoms with Gasteiger partial charge in [0, 0.05) is 15.9 Å². The summed E-state index contributed by atoms with van der Waals surface area (Å²) >= 11 is 9.23. The molecule has 3 nitrogen and oxygen atoms in total. The fourth-order valence-corrected chi connectivity index (χ4v) is 2.77. The normalized spacial score (nSPS) is 12.5. The van der Waals surface area contributed by atoms with Gasteiger partial charge in [-0.1, -0.05) is 25.4 Å². The molecule has 0 aromatic heterocycles. The van der Waals surface area contributed by atoms with Gasteiger partial charge in [-0.3, -0.25) is 4.79 Å². The lowest BCUT2D eigenvalue weighted by atomic mass is 9.94. The zero-order valence-corrected chi connectivity index (χ0v) is 13.6. The molecular weight excluding hydrogens is 328 g/mol. The number of rotatable bonds is 6. The van der Waals surface area contributed by atoms with Crippen LogP contribution in [0.4, 0.5) is 5.69 Å². The van der Waals surface area contributed by atoms with Crippen molar-refractivity contribution in [1.29, 1.82) is 0 Å². The zero-order valence-electron chi connectivity index (χ0n) is 11.2. The van der Waals surface area contributed by atoms with E-state index >= 15 is 0 Å². The standard InChI is InChI=1S/C14H20BrClN2O/c1-9(2)5-10(8-17)6-14(19)18-13-4-3-11(16)7-12(13)15/h3-4,7,9-10H,5-6,8,17H2,1-2H3,(H,18,19)/t10-/m0/s1. The lowest BCUT2D eigenvalue weighted by Gasteiger charge is -2.17. The van der Waals surface area contributed by atoms with Crippen LogP contribution in [0.5, 0.6) is 0 Å². The van der Waals surface area contributed by atoms with Crippen LogP contribution in [0.15, 0.2) is 22.7 Å². The van der Waals surface area contributed by atoms with E-state index in [4.69, 9.17) is 17.3 Å². The summed E-state index contributed by atoms with van der Waals surface area (Å²) in [5.74, 6) is 0.758. The first kappa shape index (κ1) is 16.5. The number of nitrogens with two attached hydrogens (primary N) is 1. The van der Waals surface area contributed by atoms with E-state index in [-0.39, 0.29) is 11.8 Å². The smallest absolute Gasteiger partial charge is 0.224 e. The van der Waals surface area contributed by atoms with E-state index < -0.39 is 0 Å². The molecule has 0 aliphatic heterocycles. The maximum atomic E-state index is 12.0. The van der Waals surface area contributed by atoms with E-state index in [0.717, 1.165) is 16.6 Å². The number of carbonyl (C=O) groups excluding carboxylic acids is 1. The van der Waals surface area contributed by atoms with Crippen molar-refractivity contribution in [2.45, 2.75) is 26.7 Å². The highest BCUT2D eigenvalue weighted by molar-refractivity contribution is 9.10. The molecule has 0 unspecified atom stereocenters. The highest BCUT2D eigenvalue weighted by Crippen LogP contribution is 2.26. The lowest BCUT2D eigenvalue weighted by molar-refractivity contribution is -0.117. The molecule has 5 heteroatoms. The van der Waals surface area contributed by atoms with Crippen LogP contribution in [0.2, 0.25) is 5.02 Å². The second-order valence-electron chi connectivity index (χ2n) is 5.11. The number of benzene rings is 1. The Kier molecular flexibility index (Phi) is 6.83. The average Bonchev–Trinajstić information content (AvgIpc) is 2.31. The van der Waals surface area contributed by atoms with Crippen LogP contribution < -0.4 is 11.1 Å². The van der Waals surface area contributed by atoms with Crippen LogP contribution in [0.3, 0.4) is 0 Å². The molecule has 1 aromatic rings. The number of carbonyl (C=O) groups is 1. The number of hydrogen-bond donors (Lipinski definition) is 2. The third-order valence-corrected chi connectivity index (χ3v) is 3.71. The van der Waals surface area contributed by atoms with Crippen molar-refractivity contribution in [3.63, 3.8) is 0 Å². The van der Waals surface area contributed by atoms with Crippen LogP contribution in [0.25, 0.3) is 0 Å². The molecule has 0 aliphatic carbocycles. The first-order valence-electron chi connectivity index (χ1n) is 6.37. The van der Waals surface area contributed by atoms with Gasteiger partial charge >= 0.3 is 0 Å². The Hall–Kier alpha value is -0.580. The molecule has 0 fully saturated rings. The van der Waals surface area contributed by atoms with Crippen LogP contribution in [-0.2, 0) is 4.79 Å². The van der Waals surface area contributed by atoms with E-state index in [1.165, 1.54) is 0 Å². The fourth-order valence-electron chi connectivity index (χ4n) is 1.98. The molecular formula is C14H20BrClN2O. The third kappa shape index (κ3) is 5.93. The maximum Gasteiger partial charge on any atom is 0.224 e. The summed E-state index contributed by atoms with van der Waals surface area (Å²) in [4.78, 5) is 12.0. The van der Waals surface area contributed by atoms with Gasteiger partial charge in [-0.25, -0.2) is 0 Å². The molecule has 1 amide bonds. The molecule has 3 N–H and O–H groups in total. The second kappa shape index (κ2) is 7.88. The maximum absolute atomic E-state index is 12.0. The quantitative estimate of drug-likeness (QED) is 0.815. The number of halogens is 2. The Morgan fingerprint density at radius 2 is 2.16 bits per heavy atom. The number of amides is 1. The molecule has 0 bridgehead atoms. The van der Waals surface area contributed by atoms with Crippen LogP contribution in [0, 0.1) is 11.8 Å². The van der Waals surface area contributed by atoms with Gasteiger partial charge in [0.1, 0.15) is 0 Å². The molecule has 19 heavy (non-hydrogen) atoms. The molecule has 1 aromatic carbocycles. The van der Waals surface area contributed by atoms with E-state index in [2.05, 4.69) is 35.1 Å². The number of anilines is 1. The number of nitrogens with one attached hydrogen (secondary N) is 1. The Balaban J connectivity index is 2.59. The summed E-state index contributed by atoms with van der Waals surface area (Å²) in [7, 11) is 0. The predicted octanol–water partition coefficient (Wildman–Crippen LogP) is 4.05. The Morgan fingerprint density at radius 1 is 1.47 bits per heavy atom. The molecule has 0 saturated carbocycles. The van der Waals surface area contributed by atoms with Crippen molar-refractivity contribution >= 4 is 39.1 Å². The summed E-state index contributed by atoms with van der Waals surface area (Å²) in [6, 6.07) is 5.28. The Morgan fingerprint density at radius 3 is 2.68 bits per heavy atom. The Bertz CT molecular complexity index is 437. The molecule has 0 radical (unpaired) electrons. The summed E-state index contributed by atoms with van der Waals surface area (Å²) in [6.45, 7) is 4.81. The molecule has 1 rings (SSSR count). The van der Waals surface area contributed by atoms with Crippen LogP contribution in [-0.4, -0.2) is 12.5 Å². The SMILES string of the molecule is CC(C)C[C@H](CN)CC(=O)Nc1ccc(Cl)cc1Br. The van der Waals surface area contributed by atoms with E-state index in [9.17, 15) is 4.79 Å². The van der Waals surface area contributed by atoms with E-state index in [1.54, 1.807) is 18.2 Å². The average molecular weight is 348 g/mol. The summed E-state index contributed by atoms with van der Waals surface area (Å²) in [6.07, 6.45) is 1.41. The van der Waals surface area contributed by atoms with Crippen molar-refractivity contribution in [1.82, 2.24) is 0 Å². The summed E-state index contributed by atoms with van der Waals surface area (Å²) < 4.78 is 0.779. The van der Waals surface area contributed by atoms with Gasteiger partial charge < -0.3 is 11.1 Å².